The van der Waals surface area contributed by atoms with Gasteiger partial charge >= 0.3 is 0 Å². The first-order valence-electron chi connectivity index (χ1n) is 13.6. The predicted octanol–water partition coefficient (Wildman–Crippen LogP) is 8.95. The van der Waals surface area contributed by atoms with Crippen molar-refractivity contribution >= 4 is 9.52 Å². The van der Waals surface area contributed by atoms with Gasteiger partial charge < -0.3 is 0 Å². The minimum Gasteiger partial charge on any atom is -0.0805 e. The number of hydrogen-bond acceptors (Lipinski definition) is 0. The Bertz CT molecular complexity index is 1370. The van der Waals surface area contributed by atoms with Crippen LogP contribution in [0, 0.1) is 0 Å². The first-order chi connectivity index (χ1) is 17.8. The second-order valence-corrected chi connectivity index (χ2v) is 13.3. The van der Waals surface area contributed by atoms with Gasteiger partial charge in [-0.15, -0.1) is 0 Å². The first-order valence-corrected chi connectivity index (χ1v) is 15.2. The van der Waals surface area contributed by atoms with Crippen molar-refractivity contribution in [3.63, 3.8) is 0 Å². The summed E-state index contributed by atoms with van der Waals surface area (Å²) < 4.78 is 0. The smallest absolute Gasteiger partial charge is 0.0327 e. The molecule has 0 spiro atoms. The van der Waals surface area contributed by atoms with Crippen LogP contribution in [0.3, 0.4) is 0 Å². The number of allylic oxidation sites excluding steroid dienone is 4. The van der Waals surface area contributed by atoms with Crippen LogP contribution in [0.25, 0.3) is 33.4 Å². The van der Waals surface area contributed by atoms with Crippen molar-refractivity contribution < 1.29 is 0 Å². The van der Waals surface area contributed by atoms with Gasteiger partial charge in [-0.1, -0.05) is 122 Å². The van der Waals surface area contributed by atoms with E-state index in [0.29, 0.717) is 5.92 Å². The van der Waals surface area contributed by atoms with Gasteiger partial charge in [0.05, 0.1) is 0 Å². The van der Waals surface area contributed by atoms with E-state index in [9.17, 15) is 0 Å². The normalized spacial score (nSPS) is 21.4. The predicted molar refractivity (Wildman–Crippen MR) is 156 cm³/mol. The highest BCUT2D eigenvalue weighted by atomic mass is 28.2. The van der Waals surface area contributed by atoms with Crippen LogP contribution in [-0.4, -0.2) is 9.52 Å². The molecule has 0 nitrogen and oxygen atoms in total. The molecular formula is C35H32Si. The van der Waals surface area contributed by atoms with E-state index in [1.54, 1.807) is 16.7 Å². The van der Waals surface area contributed by atoms with Crippen molar-refractivity contribution in [1.82, 2.24) is 0 Å². The Morgan fingerprint density at radius 3 is 1.78 bits per heavy atom. The van der Waals surface area contributed by atoms with Crippen molar-refractivity contribution in [2.75, 3.05) is 0 Å². The largest absolute Gasteiger partial charge is 0.0805 e. The number of benzene rings is 4. The Hall–Kier alpha value is -3.42. The molecule has 0 radical (unpaired) electrons. The average Bonchev–Trinajstić information content (AvgIpc) is 3.60. The Labute approximate surface area is 217 Å². The summed E-state index contributed by atoms with van der Waals surface area (Å²) in [4.78, 5) is 0. The average molecular weight is 481 g/mol. The van der Waals surface area contributed by atoms with Gasteiger partial charge in [-0.05, 0) is 80.6 Å². The van der Waals surface area contributed by atoms with Gasteiger partial charge in [0, 0.05) is 15.4 Å². The summed E-state index contributed by atoms with van der Waals surface area (Å²) >= 11 is 0. The van der Waals surface area contributed by atoms with Crippen LogP contribution in [0.15, 0.2) is 121 Å². The van der Waals surface area contributed by atoms with Crippen LogP contribution in [0.4, 0.5) is 0 Å². The Balaban J connectivity index is 1.34. The molecule has 7 rings (SSSR count). The zero-order valence-electron chi connectivity index (χ0n) is 20.7. The van der Waals surface area contributed by atoms with E-state index in [1.165, 1.54) is 59.1 Å². The molecule has 1 heteroatoms. The lowest BCUT2D eigenvalue weighted by Gasteiger charge is -2.34. The summed E-state index contributed by atoms with van der Waals surface area (Å²) in [6, 6.07) is 36.4. The fourth-order valence-corrected chi connectivity index (χ4v) is 10.2. The van der Waals surface area contributed by atoms with E-state index < -0.39 is 0 Å². The lowest BCUT2D eigenvalue weighted by Crippen LogP contribution is -2.23. The van der Waals surface area contributed by atoms with E-state index in [0.717, 1.165) is 11.1 Å². The zero-order valence-corrected chi connectivity index (χ0v) is 22.2. The molecule has 1 saturated heterocycles. The summed E-state index contributed by atoms with van der Waals surface area (Å²) in [7, 11) is -0.260. The fourth-order valence-electron chi connectivity index (χ4n) is 7.06. The van der Waals surface area contributed by atoms with Crippen LogP contribution >= 0.6 is 0 Å². The summed E-state index contributed by atoms with van der Waals surface area (Å²) in [5.74, 6) is 0.534. The molecule has 1 fully saturated rings. The molecule has 2 unspecified atom stereocenters. The molecule has 4 aromatic carbocycles. The van der Waals surface area contributed by atoms with E-state index >= 15 is 0 Å². The van der Waals surface area contributed by atoms with Crippen LogP contribution in [0.2, 0.25) is 11.1 Å². The van der Waals surface area contributed by atoms with Gasteiger partial charge in [0.25, 0.3) is 0 Å². The molecule has 0 saturated carbocycles. The van der Waals surface area contributed by atoms with Gasteiger partial charge in [0.15, 0.2) is 0 Å². The van der Waals surface area contributed by atoms with Crippen LogP contribution in [0.5, 0.6) is 0 Å². The topological polar surface area (TPSA) is 0 Å². The van der Waals surface area contributed by atoms with Crippen molar-refractivity contribution in [1.29, 1.82) is 0 Å². The number of rotatable bonds is 4. The highest BCUT2D eigenvalue weighted by Crippen LogP contribution is 2.55. The molecule has 0 bridgehead atoms. The molecular weight excluding hydrogens is 448 g/mol. The molecule has 1 aliphatic heterocycles. The maximum absolute atomic E-state index is 2.53. The maximum atomic E-state index is 2.53. The van der Waals surface area contributed by atoms with E-state index in [-0.39, 0.29) is 9.52 Å². The van der Waals surface area contributed by atoms with Crippen molar-refractivity contribution in [3.8, 4) is 33.4 Å². The standard InChI is InChI=1S/C35H32Si/c1-3-10-24(11-4-1)27-18-20-29-30-21-19-28(25-12-5-2-6-13-25)23-32(30)35(31(29)22-27)34-17-9-16-33(36-34)26-14-7-8-15-26/h1-8,10-14,18-23,33-35H,9,15-17,36H2. The second-order valence-electron chi connectivity index (χ2n) is 10.8. The van der Waals surface area contributed by atoms with Gasteiger partial charge in [0.1, 0.15) is 0 Å². The van der Waals surface area contributed by atoms with Crippen LogP contribution in [0.1, 0.15) is 42.7 Å². The fraction of sp³-hybridized carbons (Fsp3) is 0.200. The minimum absolute atomic E-state index is 0.260. The maximum Gasteiger partial charge on any atom is 0.0327 e. The Morgan fingerprint density at radius 1 is 0.611 bits per heavy atom. The third kappa shape index (κ3) is 3.83. The van der Waals surface area contributed by atoms with Crippen LogP contribution < -0.4 is 0 Å². The Morgan fingerprint density at radius 2 is 1.22 bits per heavy atom. The lowest BCUT2D eigenvalue weighted by molar-refractivity contribution is 0.557. The molecule has 1 heterocycles. The van der Waals surface area contributed by atoms with Crippen molar-refractivity contribution in [3.05, 3.63) is 132 Å². The summed E-state index contributed by atoms with van der Waals surface area (Å²) in [6.45, 7) is 0. The van der Waals surface area contributed by atoms with E-state index in [1.807, 2.05) is 0 Å². The SMILES string of the molecule is C1=CCC(C2CCCC(C3c4cc(-c5ccccc5)ccc4-c4ccc(-c5ccccc5)cc43)[SiH2]2)=C1. The first kappa shape index (κ1) is 21.8. The van der Waals surface area contributed by atoms with Gasteiger partial charge in [-0.2, -0.15) is 0 Å². The van der Waals surface area contributed by atoms with Gasteiger partial charge in [-0.3, -0.25) is 0 Å². The molecule has 2 aliphatic carbocycles. The number of fused-ring (bicyclic) bond motifs is 3. The molecule has 4 aromatic rings. The monoisotopic (exact) mass is 480 g/mol. The van der Waals surface area contributed by atoms with E-state index in [2.05, 4.69) is 115 Å². The lowest BCUT2D eigenvalue weighted by atomic mass is 9.87. The molecule has 176 valence electrons. The van der Waals surface area contributed by atoms with Crippen LogP contribution in [-0.2, 0) is 0 Å². The Kier molecular flexibility index (Phi) is 5.59. The highest BCUT2D eigenvalue weighted by molar-refractivity contribution is 6.41. The third-order valence-corrected chi connectivity index (χ3v) is 11.8. The van der Waals surface area contributed by atoms with Gasteiger partial charge in [0.2, 0.25) is 0 Å². The molecule has 0 amide bonds. The van der Waals surface area contributed by atoms with E-state index in [4.69, 9.17) is 0 Å². The number of hydrogen-bond donors (Lipinski definition) is 0. The highest BCUT2D eigenvalue weighted by Gasteiger charge is 2.38. The quantitative estimate of drug-likeness (QED) is 0.256. The second kappa shape index (κ2) is 9.22. The minimum atomic E-state index is -0.260. The van der Waals surface area contributed by atoms with Crippen molar-refractivity contribution in [2.24, 2.45) is 0 Å². The molecule has 3 aliphatic rings. The molecule has 0 N–H and O–H groups in total. The van der Waals surface area contributed by atoms with Gasteiger partial charge in [-0.25, -0.2) is 0 Å². The summed E-state index contributed by atoms with van der Waals surface area (Å²) in [6.07, 6.45) is 12.4. The summed E-state index contributed by atoms with van der Waals surface area (Å²) in [5.41, 5.74) is 14.9. The zero-order chi connectivity index (χ0) is 23.9. The summed E-state index contributed by atoms with van der Waals surface area (Å²) in [5, 5.41) is 0. The molecule has 36 heavy (non-hydrogen) atoms. The third-order valence-electron chi connectivity index (χ3n) is 8.79. The molecule has 0 aromatic heterocycles. The van der Waals surface area contributed by atoms with Crippen molar-refractivity contribution in [2.45, 2.75) is 42.7 Å². The molecule has 2 atom stereocenters.